The fourth-order valence-corrected chi connectivity index (χ4v) is 11.1. The van der Waals surface area contributed by atoms with Gasteiger partial charge < -0.3 is 52.9 Å². The highest BCUT2D eigenvalue weighted by Crippen LogP contribution is 2.62. The van der Waals surface area contributed by atoms with Crippen LogP contribution in [-0.2, 0) is 22.7 Å². The molecule has 0 saturated heterocycles. The van der Waals surface area contributed by atoms with E-state index in [1.165, 1.54) is 55.5 Å². The van der Waals surface area contributed by atoms with Gasteiger partial charge in [0.2, 0.25) is 12.6 Å². The van der Waals surface area contributed by atoms with Gasteiger partial charge in [-0.25, -0.2) is 9.59 Å². The fraction of sp³-hybridized carbons (Fsp3) is 0.362. The van der Waals surface area contributed by atoms with E-state index < -0.39 is 45.7 Å². The lowest BCUT2D eigenvalue weighted by Gasteiger charge is -2.59. The number of unbranched alkanes of at least 4 members (excludes halogenated alkanes) is 2. The minimum Gasteiger partial charge on any atom is -0.497 e. The first-order valence-corrected chi connectivity index (χ1v) is 26.1. The van der Waals surface area contributed by atoms with Gasteiger partial charge in [0.15, 0.2) is 11.5 Å². The molecule has 22 nitrogen and oxygen atoms in total. The average molecular weight is 1100 g/mol. The van der Waals surface area contributed by atoms with E-state index in [9.17, 15) is 35.2 Å². The number of ether oxygens (including phenoxy) is 8. The summed E-state index contributed by atoms with van der Waals surface area (Å²) in [4.78, 5) is 59.0. The van der Waals surface area contributed by atoms with Crippen LogP contribution in [-0.4, -0.2) is 95.5 Å². The number of methoxy groups -OCH3 is 2. The van der Waals surface area contributed by atoms with Crippen molar-refractivity contribution in [2.75, 3.05) is 46.1 Å². The first kappa shape index (κ1) is 56.0. The second-order valence-electron chi connectivity index (χ2n) is 19.5. The first-order valence-electron chi connectivity index (χ1n) is 26.1. The van der Waals surface area contributed by atoms with Crippen molar-refractivity contribution in [1.82, 2.24) is 4.90 Å². The second-order valence-corrected chi connectivity index (χ2v) is 19.5. The predicted molar refractivity (Wildman–Crippen MR) is 289 cm³/mol. The molecule has 1 saturated carbocycles. The molecule has 2 aliphatic carbocycles. The Labute approximate surface area is 460 Å². The van der Waals surface area contributed by atoms with E-state index in [0.717, 1.165) is 0 Å². The molecule has 4 aliphatic rings. The molecule has 1 fully saturated rings. The Bertz CT molecular complexity index is 3130. The summed E-state index contributed by atoms with van der Waals surface area (Å²) in [5.41, 5.74) is 2.94. The normalized spacial score (nSPS) is 20.7. The maximum absolute atomic E-state index is 15.4. The minimum absolute atomic E-state index is 0.00769. The van der Waals surface area contributed by atoms with E-state index >= 15 is 4.79 Å². The van der Waals surface area contributed by atoms with Crippen LogP contribution in [0.1, 0.15) is 67.6 Å². The van der Waals surface area contributed by atoms with Crippen LogP contribution in [0, 0.1) is 38.0 Å². The van der Waals surface area contributed by atoms with Crippen molar-refractivity contribution < 1.29 is 72.4 Å². The summed E-state index contributed by atoms with van der Waals surface area (Å²) in [6, 6.07) is 25.1. The highest BCUT2D eigenvalue weighted by Gasteiger charge is 2.66. The number of non-ortho nitro benzene ring substituents is 2. The van der Waals surface area contributed by atoms with Crippen molar-refractivity contribution in [3.8, 4) is 40.2 Å². The number of hydrogen-bond acceptors (Lipinski definition) is 18. The minimum atomic E-state index is -1.80. The highest BCUT2D eigenvalue weighted by atomic mass is 16.7. The third-order valence-electron chi connectivity index (χ3n) is 14.7. The van der Waals surface area contributed by atoms with Gasteiger partial charge in [0.05, 0.1) is 48.0 Å². The maximum Gasteiger partial charge on any atom is 0.417 e. The largest absolute Gasteiger partial charge is 0.497 e. The monoisotopic (exact) mass is 1100 g/mol. The topological polar surface area (TPSA) is 272 Å². The lowest BCUT2D eigenvalue weighted by molar-refractivity contribution is -0.385. The summed E-state index contributed by atoms with van der Waals surface area (Å²) in [6.07, 6.45) is 5.47. The Hall–Kier alpha value is -8.73. The SMILES string of the molecule is C=CCOC12Oc3ccc(OC(=O)Nc4ccc(OC)cc4OC)cc3C3C(CCCCO)C(CCCCO)C=C(C(=NOCc4ccc([N+](=O)[O-])cc4)CC1N(Cc1ccc4c(c1)OCO4)C(=O)Oc1ccc([N+](=O)[O-])cc1)C32. The Morgan fingerprint density at radius 1 is 0.800 bits per heavy atom. The average Bonchev–Trinajstić information content (AvgIpc) is 4.08. The Morgan fingerprint density at radius 2 is 1.48 bits per heavy atom. The van der Waals surface area contributed by atoms with Crippen LogP contribution < -0.4 is 38.5 Å². The van der Waals surface area contributed by atoms with Crippen LogP contribution in [0.2, 0.25) is 0 Å². The number of aliphatic hydroxyl groups is 2. The van der Waals surface area contributed by atoms with Crippen LogP contribution in [0.15, 0.2) is 133 Å². The van der Waals surface area contributed by atoms with Crippen molar-refractivity contribution in [1.29, 1.82) is 0 Å². The van der Waals surface area contributed by atoms with Gasteiger partial charge >= 0.3 is 12.2 Å². The van der Waals surface area contributed by atoms with E-state index in [2.05, 4.69) is 18.0 Å². The summed E-state index contributed by atoms with van der Waals surface area (Å²) in [5, 5.41) is 51.0. The summed E-state index contributed by atoms with van der Waals surface area (Å²) in [5.74, 6) is -1.26. The molecule has 3 N–H and O–H groups in total. The summed E-state index contributed by atoms with van der Waals surface area (Å²) in [6.45, 7) is 3.63. The molecule has 0 aromatic heterocycles. The van der Waals surface area contributed by atoms with Crippen LogP contribution in [0.4, 0.5) is 26.7 Å². The molecule has 420 valence electrons. The smallest absolute Gasteiger partial charge is 0.417 e. The molecule has 9 rings (SSSR count). The van der Waals surface area contributed by atoms with Gasteiger partial charge in [-0.15, -0.1) is 6.58 Å². The van der Waals surface area contributed by atoms with E-state index in [1.807, 2.05) is 0 Å². The number of anilines is 1. The molecule has 2 heterocycles. The summed E-state index contributed by atoms with van der Waals surface area (Å²) < 4.78 is 48.9. The number of oxime groups is 1. The number of aliphatic hydroxyl groups excluding tert-OH is 2. The standard InChI is InChI=1S/C58H61N5O17/c1-4-27-76-58-53(61(33-37-13-23-50-52(28-37)75-35-74-50)57(67)79-41-18-16-40(17-19-41)63(70)71)32-48(60-77-34-36-11-14-39(15-12-36)62(68)69)45-29-38(9-5-7-25-64)44(10-6-8-26-65)54(55(45)58)46-30-43(21-24-49(46)80-58)78-56(66)59-47-22-20-42(72-2)31-51(47)73-3/h4,11-24,28-31,38,44,53-55,64-65H,1,5-10,25-27,32-35H2,2-3H3,(H,59,66). The van der Waals surface area contributed by atoms with Crippen LogP contribution in [0.25, 0.3) is 0 Å². The number of rotatable bonds is 24. The molecular formula is C58H61N5O17. The molecule has 0 radical (unpaired) electrons. The van der Waals surface area contributed by atoms with E-state index in [1.54, 1.807) is 72.8 Å². The zero-order chi connectivity index (χ0) is 56.3. The van der Waals surface area contributed by atoms with Gasteiger partial charge in [0, 0.05) is 68.0 Å². The second kappa shape index (κ2) is 25.4. The zero-order valence-electron chi connectivity index (χ0n) is 44.1. The molecule has 80 heavy (non-hydrogen) atoms. The number of hydrogen-bond donors (Lipinski definition) is 3. The van der Waals surface area contributed by atoms with Crippen molar-refractivity contribution in [2.45, 2.75) is 75.8 Å². The number of nitrogens with zero attached hydrogens (tertiary/aromatic N) is 4. The highest BCUT2D eigenvalue weighted by molar-refractivity contribution is 6.03. The molecule has 0 bridgehead atoms. The molecule has 22 heteroatoms. The maximum atomic E-state index is 15.4. The molecule has 6 atom stereocenters. The van der Waals surface area contributed by atoms with Gasteiger partial charge in [-0.2, -0.15) is 0 Å². The number of nitro groups is 2. The lowest BCUT2D eigenvalue weighted by Crippen LogP contribution is -2.70. The van der Waals surface area contributed by atoms with Crippen molar-refractivity contribution in [2.24, 2.45) is 22.9 Å². The lowest BCUT2D eigenvalue weighted by atomic mass is 9.55. The number of carbonyl (C=O) groups is 2. The number of carbonyl (C=O) groups excluding carboxylic acids is 2. The molecule has 2 aliphatic heterocycles. The zero-order valence-corrected chi connectivity index (χ0v) is 44.1. The van der Waals surface area contributed by atoms with Gasteiger partial charge in [0.25, 0.3) is 11.4 Å². The van der Waals surface area contributed by atoms with Crippen LogP contribution in [0.5, 0.6) is 40.2 Å². The number of fused-ring (bicyclic) bond motifs is 3. The number of nitro benzene ring substituents is 2. The van der Waals surface area contributed by atoms with Gasteiger partial charge in [-0.1, -0.05) is 36.2 Å². The molecule has 2 amide bonds. The van der Waals surface area contributed by atoms with Gasteiger partial charge in [-0.05, 0) is 121 Å². The van der Waals surface area contributed by atoms with Crippen LogP contribution >= 0.6 is 0 Å². The summed E-state index contributed by atoms with van der Waals surface area (Å²) >= 11 is 0. The van der Waals surface area contributed by atoms with E-state index in [4.69, 9.17) is 47.9 Å². The third kappa shape index (κ3) is 12.3. The number of amides is 2. The predicted octanol–water partition coefficient (Wildman–Crippen LogP) is 10.4. The number of benzene rings is 5. The third-order valence-corrected chi connectivity index (χ3v) is 14.7. The molecule has 5 aromatic rings. The van der Waals surface area contributed by atoms with E-state index in [-0.39, 0.29) is 80.9 Å². The van der Waals surface area contributed by atoms with Gasteiger partial charge in [0.1, 0.15) is 41.4 Å². The first-order chi connectivity index (χ1) is 38.9. The van der Waals surface area contributed by atoms with Gasteiger partial charge in [-0.3, -0.25) is 30.4 Å². The number of nitrogens with one attached hydrogen (secondary N) is 1. The Kier molecular flexibility index (Phi) is 17.8. The molecule has 6 unspecified atom stereocenters. The molecular weight excluding hydrogens is 1040 g/mol. The quantitative estimate of drug-likeness (QED) is 0.0224. The fourth-order valence-electron chi connectivity index (χ4n) is 11.1. The van der Waals surface area contributed by atoms with Crippen LogP contribution in [0.3, 0.4) is 0 Å². The van der Waals surface area contributed by atoms with E-state index in [0.29, 0.717) is 101 Å². The molecule has 5 aromatic carbocycles. The molecule has 0 spiro atoms. The Morgan fingerprint density at radius 3 is 2.17 bits per heavy atom. The number of allylic oxidation sites excluding steroid dienone is 1. The van der Waals surface area contributed by atoms with Crippen molar-refractivity contribution in [3.05, 3.63) is 164 Å². The Balaban J connectivity index is 1.22. The van der Waals surface area contributed by atoms with Crippen molar-refractivity contribution >= 4 is 35.0 Å². The summed E-state index contributed by atoms with van der Waals surface area (Å²) in [7, 11) is 2.98. The van der Waals surface area contributed by atoms with Crippen molar-refractivity contribution in [3.63, 3.8) is 0 Å².